The van der Waals surface area contributed by atoms with E-state index in [0.29, 0.717) is 12.8 Å². The Morgan fingerprint density at radius 3 is 1.88 bits per heavy atom. The topological polar surface area (TPSA) is 275 Å². The van der Waals surface area contributed by atoms with E-state index in [0.717, 1.165) is 12.8 Å². The number of aliphatic hydroxyl groups is 10. The molecule has 43 heavy (non-hydrogen) atoms. The number of aliphatic hydroxyl groups excluding tert-OH is 10. The first-order valence-corrected chi connectivity index (χ1v) is 14.5. The van der Waals surface area contributed by atoms with Crippen LogP contribution in [0.2, 0.25) is 0 Å². The summed E-state index contributed by atoms with van der Waals surface area (Å²) in [5.74, 6) is -3.24. The normalized spacial score (nSPS) is 44.3. The molecule has 3 heterocycles. The summed E-state index contributed by atoms with van der Waals surface area (Å²) in [5, 5.41) is 102. The van der Waals surface area contributed by atoms with Crippen LogP contribution in [0.15, 0.2) is 0 Å². The van der Waals surface area contributed by atoms with E-state index in [1.54, 1.807) is 0 Å². The number of carbonyl (C=O) groups is 1. The summed E-state index contributed by atoms with van der Waals surface area (Å²) in [4.78, 5) is 12.5. The minimum atomic E-state index is -2.38. The summed E-state index contributed by atoms with van der Waals surface area (Å²) in [7, 11) is 0. The summed E-state index contributed by atoms with van der Waals surface area (Å²) >= 11 is 0. The smallest absolute Gasteiger partial charge is 0.309 e. The SMILES string of the molecule is CCCCC(CC)C(=O)OC[C@H]1OC(OC[C@H]2OC(O[C@]3(CO)O[C@H](CO)[C@@H](O)[C@@H]3O)[C@H](O)[C@@H](O)[C@@H]2O)[C@H](O)[C@@H](O)[C@H]1O. The molecule has 0 aliphatic carbocycles. The van der Waals surface area contributed by atoms with Gasteiger partial charge in [-0.3, -0.25) is 4.79 Å². The van der Waals surface area contributed by atoms with E-state index in [1.807, 2.05) is 13.8 Å². The Labute approximate surface area is 248 Å². The Balaban J connectivity index is 1.64. The highest BCUT2D eigenvalue weighted by Gasteiger charge is 2.58. The lowest BCUT2D eigenvalue weighted by atomic mass is 9.98. The van der Waals surface area contributed by atoms with Crippen molar-refractivity contribution in [1.29, 1.82) is 0 Å². The van der Waals surface area contributed by atoms with Crippen LogP contribution in [0.25, 0.3) is 0 Å². The number of esters is 1. The third-order valence-corrected chi connectivity index (χ3v) is 8.11. The van der Waals surface area contributed by atoms with Crippen LogP contribution in [0.4, 0.5) is 0 Å². The van der Waals surface area contributed by atoms with Gasteiger partial charge in [-0.1, -0.05) is 26.7 Å². The summed E-state index contributed by atoms with van der Waals surface area (Å²) < 4.78 is 32.5. The Morgan fingerprint density at radius 1 is 0.767 bits per heavy atom. The first-order chi connectivity index (χ1) is 20.3. The summed E-state index contributed by atoms with van der Waals surface area (Å²) in [6, 6.07) is 0. The van der Waals surface area contributed by atoms with Crippen LogP contribution in [-0.4, -0.2) is 169 Å². The van der Waals surface area contributed by atoms with Crippen molar-refractivity contribution in [1.82, 2.24) is 0 Å². The van der Waals surface area contributed by atoms with Gasteiger partial charge in [0.15, 0.2) is 12.6 Å². The predicted molar refractivity (Wildman–Crippen MR) is 138 cm³/mol. The zero-order chi connectivity index (χ0) is 32.1. The van der Waals surface area contributed by atoms with Gasteiger partial charge in [-0.05, 0) is 12.8 Å². The van der Waals surface area contributed by atoms with Gasteiger partial charge < -0.3 is 79.5 Å². The third-order valence-electron chi connectivity index (χ3n) is 8.11. The molecule has 0 amide bonds. The molecular weight excluding hydrogens is 584 g/mol. The zero-order valence-corrected chi connectivity index (χ0v) is 24.1. The van der Waals surface area contributed by atoms with E-state index in [2.05, 4.69) is 0 Å². The van der Waals surface area contributed by atoms with Gasteiger partial charge in [0.2, 0.25) is 5.79 Å². The van der Waals surface area contributed by atoms with Crippen molar-refractivity contribution in [2.75, 3.05) is 26.4 Å². The van der Waals surface area contributed by atoms with Gasteiger partial charge in [-0.15, -0.1) is 0 Å². The van der Waals surface area contributed by atoms with Crippen LogP contribution >= 0.6 is 0 Å². The fourth-order valence-electron chi connectivity index (χ4n) is 5.22. The lowest BCUT2D eigenvalue weighted by Gasteiger charge is -2.44. The monoisotopic (exact) mass is 630 g/mol. The van der Waals surface area contributed by atoms with Crippen LogP contribution in [0.1, 0.15) is 39.5 Å². The minimum absolute atomic E-state index is 0.358. The summed E-state index contributed by atoms with van der Waals surface area (Å²) in [6.45, 7) is 0.892. The molecule has 3 rings (SSSR count). The first kappa shape index (κ1) is 36.3. The maximum absolute atomic E-state index is 12.5. The highest BCUT2D eigenvalue weighted by atomic mass is 16.8. The molecule has 10 N–H and O–H groups in total. The van der Waals surface area contributed by atoms with E-state index in [9.17, 15) is 55.9 Å². The zero-order valence-electron chi connectivity index (χ0n) is 24.1. The highest BCUT2D eigenvalue weighted by molar-refractivity contribution is 5.72. The first-order valence-electron chi connectivity index (χ1n) is 14.5. The summed E-state index contributed by atoms with van der Waals surface area (Å²) in [6.07, 6.45) is -19.3. The highest BCUT2D eigenvalue weighted by Crippen LogP contribution is 2.36. The van der Waals surface area contributed by atoms with Crippen molar-refractivity contribution in [3.63, 3.8) is 0 Å². The summed E-state index contributed by atoms with van der Waals surface area (Å²) in [5.41, 5.74) is 0. The standard InChI is InChI=1S/C26H46O17/c1-3-5-6-11(4-2)23(37)38-8-13-15(29)18(32)20(34)24(40-13)39-9-14-16(30)19(33)21(35)25(41-14)43-26(10-28)22(36)17(31)12(7-27)42-26/h11-22,24-25,27-36H,3-10H2,1-2H3/t11?,12-,13-,14-,15+,16-,17-,18+,19+,20-,21-,22+,24?,25?,26+/m1/s1. The molecule has 0 aromatic heterocycles. The number of hydrogen-bond donors (Lipinski definition) is 10. The van der Waals surface area contributed by atoms with Crippen molar-refractivity contribution in [3.8, 4) is 0 Å². The van der Waals surface area contributed by atoms with Crippen molar-refractivity contribution in [3.05, 3.63) is 0 Å². The number of carbonyl (C=O) groups excluding carboxylic acids is 1. The quantitative estimate of drug-likeness (QED) is 0.0806. The average Bonchev–Trinajstić information content (AvgIpc) is 3.25. The number of unbranched alkanes of at least 4 members (excludes halogenated alkanes) is 1. The van der Waals surface area contributed by atoms with E-state index >= 15 is 0 Å². The molecule has 17 nitrogen and oxygen atoms in total. The second kappa shape index (κ2) is 15.9. The number of rotatable bonds is 14. The Bertz CT molecular complexity index is 866. The van der Waals surface area contributed by atoms with Crippen LogP contribution in [0.3, 0.4) is 0 Å². The van der Waals surface area contributed by atoms with Crippen LogP contribution in [-0.2, 0) is 33.2 Å². The van der Waals surface area contributed by atoms with Crippen LogP contribution in [0, 0.1) is 5.92 Å². The van der Waals surface area contributed by atoms with Gasteiger partial charge in [0, 0.05) is 0 Å². The molecular formula is C26H46O17. The van der Waals surface area contributed by atoms with E-state index < -0.39 is 118 Å². The largest absolute Gasteiger partial charge is 0.463 e. The van der Waals surface area contributed by atoms with Gasteiger partial charge in [0.25, 0.3) is 0 Å². The Hall–Kier alpha value is -1.13. The molecule has 0 bridgehead atoms. The maximum atomic E-state index is 12.5. The third kappa shape index (κ3) is 8.00. The lowest BCUT2D eigenvalue weighted by molar-refractivity contribution is -0.388. The Kier molecular flexibility index (Phi) is 13.5. The molecule has 17 heteroatoms. The average molecular weight is 631 g/mol. The van der Waals surface area contributed by atoms with Crippen LogP contribution in [0.5, 0.6) is 0 Å². The Morgan fingerprint density at radius 2 is 1.35 bits per heavy atom. The van der Waals surface area contributed by atoms with Crippen molar-refractivity contribution < 1.29 is 84.3 Å². The molecule has 3 aliphatic rings. The number of hydrogen-bond acceptors (Lipinski definition) is 17. The molecule has 3 unspecified atom stereocenters. The van der Waals surface area contributed by atoms with Gasteiger partial charge in [-0.2, -0.15) is 0 Å². The molecule has 3 aliphatic heterocycles. The molecule has 3 fully saturated rings. The van der Waals surface area contributed by atoms with E-state index in [-0.39, 0.29) is 5.92 Å². The second-order valence-corrected chi connectivity index (χ2v) is 11.1. The second-order valence-electron chi connectivity index (χ2n) is 11.1. The van der Waals surface area contributed by atoms with Crippen molar-refractivity contribution in [2.24, 2.45) is 5.92 Å². The predicted octanol–water partition coefficient (Wildman–Crippen LogP) is -4.80. The fraction of sp³-hybridized carbons (Fsp3) is 0.962. The molecule has 0 saturated carbocycles. The fourth-order valence-corrected chi connectivity index (χ4v) is 5.22. The molecule has 252 valence electrons. The number of ether oxygens (including phenoxy) is 6. The van der Waals surface area contributed by atoms with Crippen molar-refractivity contribution >= 4 is 5.97 Å². The molecule has 0 spiro atoms. The molecule has 3 saturated heterocycles. The van der Waals surface area contributed by atoms with E-state index in [1.165, 1.54) is 0 Å². The van der Waals surface area contributed by atoms with Gasteiger partial charge in [0.1, 0.15) is 80.4 Å². The lowest BCUT2D eigenvalue weighted by Crippen LogP contribution is -2.63. The van der Waals surface area contributed by atoms with Gasteiger partial charge in [-0.25, -0.2) is 0 Å². The molecule has 0 radical (unpaired) electrons. The van der Waals surface area contributed by atoms with E-state index in [4.69, 9.17) is 28.4 Å². The molecule has 15 atom stereocenters. The van der Waals surface area contributed by atoms with Gasteiger partial charge >= 0.3 is 5.97 Å². The minimum Gasteiger partial charge on any atom is -0.463 e. The van der Waals surface area contributed by atoms with Gasteiger partial charge in [0.05, 0.1) is 19.1 Å². The molecule has 0 aromatic rings. The molecule has 0 aromatic carbocycles. The maximum Gasteiger partial charge on any atom is 0.309 e. The van der Waals surface area contributed by atoms with Crippen LogP contribution < -0.4 is 0 Å². The van der Waals surface area contributed by atoms with Crippen molar-refractivity contribution in [2.45, 2.75) is 125 Å².